The number of rotatable bonds is 4. The van der Waals surface area contributed by atoms with Crippen LogP contribution in [0.5, 0.6) is 0 Å². The van der Waals surface area contributed by atoms with E-state index in [1.54, 1.807) is 59.3 Å². The number of hydrogen-bond acceptors (Lipinski definition) is 4. The molecule has 6 heteroatoms. The summed E-state index contributed by atoms with van der Waals surface area (Å²) in [5.74, 6) is 0.145. The molecule has 1 aromatic carbocycles. The second-order valence-electron chi connectivity index (χ2n) is 5.50. The Kier molecular flexibility index (Phi) is 4.73. The van der Waals surface area contributed by atoms with Gasteiger partial charge >= 0.3 is 5.97 Å². The molecular formula is C17H17NO3S2. The molecule has 4 nitrogen and oxygen atoms in total. The van der Waals surface area contributed by atoms with E-state index in [1.165, 1.54) is 4.88 Å². The van der Waals surface area contributed by atoms with Crippen molar-refractivity contribution >= 4 is 35.0 Å². The zero-order valence-electron chi connectivity index (χ0n) is 12.7. The van der Waals surface area contributed by atoms with Gasteiger partial charge < -0.3 is 10.0 Å². The van der Waals surface area contributed by atoms with Crippen molar-refractivity contribution < 1.29 is 14.7 Å². The van der Waals surface area contributed by atoms with Crippen LogP contribution in [0.2, 0.25) is 0 Å². The molecule has 0 fully saturated rings. The van der Waals surface area contributed by atoms with Crippen molar-refractivity contribution in [2.45, 2.75) is 18.2 Å². The number of fused-ring (bicyclic) bond motifs is 1. The van der Waals surface area contributed by atoms with Gasteiger partial charge in [-0.05, 0) is 46.9 Å². The van der Waals surface area contributed by atoms with Gasteiger partial charge in [0.2, 0.25) is 5.91 Å². The molecule has 23 heavy (non-hydrogen) atoms. The van der Waals surface area contributed by atoms with Gasteiger partial charge in [-0.1, -0.05) is 12.1 Å². The Morgan fingerprint density at radius 1 is 1.26 bits per heavy atom. The third kappa shape index (κ3) is 3.43. The van der Waals surface area contributed by atoms with Crippen LogP contribution < -0.4 is 0 Å². The third-order valence-electron chi connectivity index (χ3n) is 3.90. The molecule has 0 bridgehead atoms. The Morgan fingerprint density at radius 2 is 2.00 bits per heavy atom. The number of carbonyl (C=O) groups is 2. The Morgan fingerprint density at radius 3 is 2.70 bits per heavy atom. The van der Waals surface area contributed by atoms with Crippen molar-refractivity contribution in [2.75, 3.05) is 12.8 Å². The Labute approximate surface area is 143 Å². The first kappa shape index (κ1) is 16.1. The van der Waals surface area contributed by atoms with E-state index in [2.05, 4.69) is 11.4 Å². The largest absolute Gasteiger partial charge is 0.478 e. The van der Waals surface area contributed by atoms with Crippen LogP contribution >= 0.6 is 23.1 Å². The van der Waals surface area contributed by atoms with Gasteiger partial charge in [-0.2, -0.15) is 0 Å². The summed E-state index contributed by atoms with van der Waals surface area (Å²) in [5, 5.41) is 10.9. The average molecular weight is 347 g/mol. The van der Waals surface area contributed by atoms with Gasteiger partial charge in [-0.15, -0.1) is 23.1 Å². The summed E-state index contributed by atoms with van der Waals surface area (Å²) in [5.41, 5.74) is 2.34. The van der Waals surface area contributed by atoms with Crippen molar-refractivity contribution in [3.8, 4) is 0 Å². The van der Waals surface area contributed by atoms with E-state index in [0.29, 0.717) is 6.54 Å². The number of amides is 1. The summed E-state index contributed by atoms with van der Waals surface area (Å²) in [6, 6.07) is 8.73. The lowest BCUT2D eigenvalue weighted by atomic mass is 10.1. The lowest BCUT2D eigenvalue weighted by Gasteiger charge is -2.26. The summed E-state index contributed by atoms with van der Waals surface area (Å²) < 4.78 is 0. The van der Waals surface area contributed by atoms with Gasteiger partial charge in [-0.3, -0.25) is 4.79 Å². The molecule has 1 N–H and O–H groups in total. The maximum Gasteiger partial charge on any atom is 0.335 e. The molecule has 2 aromatic rings. The van der Waals surface area contributed by atoms with E-state index in [9.17, 15) is 9.59 Å². The quantitative estimate of drug-likeness (QED) is 0.920. The zero-order chi connectivity index (χ0) is 16.4. The number of carboxylic acids is 1. The molecule has 0 unspecified atom stereocenters. The van der Waals surface area contributed by atoms with E-state index >= 15 is 0 Å². The fourth-order valence-corrected chi connectivity index (χ4v) is 5.06. The number of hydrogen-bond donors (Lipinski definition) is 1. The van der Waals surface area contributed by atoms with Crippen molar-refractivity contribution in [3.05, 3.63) is 57.3 Å². The normalized spacial score (nSPS) is 16.7. The van der Waals surface area contributed by atoms with Gasteiger partial charge in [-0.25, -0.2) is 4.79 Å². The smallest absolute Gasteiger partial charge is 0.335 e. The first-order valence-electron chi connectivity index (χ1n) is 7.31. The first-order valence-corrected chi connectivity index (χ1v) is 9.24. The lowest BCUT2D eigenvalue weighted by molar-refractivity contribution is -0.130. The van der Waals surface area contributed by atoms with Gasteiger partial charge in [0.05, 0.1) is 5.56 Å². The Balaban J connectivity index is 1.70. The fourth-order valence-electron chi connectivity index (χ4n) is 2.66. The van der Waals surface area contributed by atoms with E-state index in [1.807, 2.05) is 0 Å². The van der Waals surface area contributed by atoms with Crippen LogP contribution in [0.4, 0.5) is 0 Å². The Bertz CT molecular complexity index is 724. The summed E-state index contributed by atoms with van der Waals surface area (Å²) >= 11 is 3.43. The summed E-state index contributed by atoms with van der Waals surface area (Å²) in [7, 11) is 1.80. The molecule has 1 aromatic heterocycles. The summed E-state index contributed by atoms with van der Waals surface area (Å²) in [6.07, 6.45) is 1.04. The fraction of sp³-hybridized carbons (Fsp3) is 0.294. The molecule has 120 valence electrons. The molecule has 1 amide bonds. The van der Waals surface area contributed by atoms with E-state index in [0.717, 1.165) is 23.3 Å². The van der Waals surface area contributed by atoms with Crippen molar-refractivity contribution in [1.29, 1.82) is 0 Å². The molecule has 0 aliphatic carbocycles. The van der Waals surface area contributed by atoms with Crippen LogP contribution in [0.3, 0.4) is 0 Å². The average Bonchev–Trinajstić information content (AvgIpc) is 3.03. The predicted molar refractivity (Wildman–Crippen MR) is 93.1 cm³/mol. The number of aryl methyl sites for hydroxylation is 1. The van der Waals surface area contributed by atoms with Crippen LogP contribution in [0, 0.1) is 0 Å². The molecule has 0 saturated heterocycles. The van der Waals surface area contributed by atoms with Gasteiger partial charge in [0.1, 0.15) is 5.25 Å². The summed E-state index contributed by atoms with van der Waals surface area (Å²) in [6.45, 7) is 0.481. The lowest BCUT2D eigenvalue weighted by Crippen LogP contribution is -2.31. The molecule has 0 saturated carbocycles. The first-order chi connectivity index (χ1) is 11.1. The number of aromatic carboxylic acids is 1. The minimum absolute atomic E-state index is 0.108. The topological polar surface area (TPSA) is 57.6 Å². The van der Waals surface area contributed by atoms with Gasteiger partial charge in [0.15, 0.2) is 0 Å². The van der Waals surface area contributed by atoms with Crippen molar-refractivity contribution in [1.82, 2.24) is 4.90 Å². The predicted octanol–water partition coefficient (Wildman–Crippen LogP) is 3.44. The molecule has 0 radical (unpaired) electrons. The second kappa shape index (κ2) is 6.76. The molecule has 1 aliphatic rings. The highest BCUT2D eigenvalue weighted by Gasteiger charge is 2.30. The molecule has 0 spiro atoms. The number of carbonyl (C=O) groups excluding carboxylic acids is 1. The molecule has 1 atom stereocenters. The highest BCUT2D eigenvalue weighted by atomic mass is 32.2. The molecule has 3 rings (SSSR count). The SMILES string of the molecule is CN(Cc1ccc(C(=O)O)cc1)C(=O)[C@@H]1SCCc2sccc21. The van der Waals surface area contributed by atoms with Crippen LogP contribution in [-0.2, 0) is 17.8 Å². The second-order valence-corrected chi connectivity index (χ2v) is 7.71. The molecule has 2 heterocycles. The number of likely N-dealkylation sites (N-methyl/N-ethyl adjacent to an activating group) is 1. The van der Waals surface area contributed by atoms with Crippen LogP contribution in [-0.4, -0.2) is 34.7 Å². The molecular weight excluding hydrogens is 330 g/mol. The van der Waals surface area contributed by atoms with Gasteiger partial charge in [0.25, 0.3) is 0 Å². The van der Waals surface area contributed by atoms with E-state index < -0.39 is 5.97 Å². The van der Waals surface area contributed by atoms with Crippen molar-refractivity contribution in [3.63, 3.8) is 0 Å². The number of thiophene rings is 1. The number of benzene rings is 1. The van der Waals surface area contributed by atoms with E-state index in [4.69, 9.17) is 5.11 Å². The highest BCUT2D eigenvalue weighted by Crippen LogP contribution is 2.40. The zero-order valence-corrected chi connectivity index (χ0v) is 14.3. The third-order valence-corrected chi connectivity index (χ3v) is 6.12. The van der Waals surface area contributed by atoms with Crippen LogP contribution in [0.15, 0.2) is 35.7 Å². The number of nitrogens with zero attached hydrogens (tertiary/aromatic N) is 1. The maximum absolute atomic E-state index is 12.8. The summed E-state index contributed by atoms with van der Waals surface area (Å²) in [4.78, 5) is 26.7. The maximum atomic E-state index is 12.8. The van der Waals surface area contributed by atoms with Crippen LogP contribution in [0.25, 0.3) is 0 Å². The Hall–Kier alpha value is -1.79. The molecule has 1 aliphatic heterocycles. The minimum atomic E-state index is -0.940. The highest BCUT2D eigenvalue weighted by molar-refractivity contribution is 8.00. The number of thioether (sulfide) groups is 1. The van der Waals surface area contributed by atoms with Gasteiger partial charge in [0, 0.05) is 18.5 Å². The number of carboxylic acid groups (broad SMARTS) is 1. The monoisotopic (exact) mass is 347 g/mol. The van der Waals surface area contributed by atoms with Crippen molar-refractivity contribution in [2.24, 2.45) is 0 Å². The van der Waals surface area contributed by atoms with Crippen LogP contribution in [0.1, 0.15) is 31.6 Å². The van der Waals surface area contributed by atoms with E-state index in [-0.39, 0.29) is 16.7 Å². The standard InChI is InChI=1S/C17H17NO3S2/c1-18(10-11-2-4-12(5-3-11)17(20)21)16(19)15-13-6-8-22-14(13)7-9-23-15/h2-6,8,15H,7,9-10H2,1H3,(H,20,21)/t15-/m1/s1. The minimum Gasteiger partial charge on any atom is -0.478 e.